The fourth-order valence-corrected chi connectivity index (χ4v) is 1.65. The molecule has 0 unspecified atom stereocenters. The number of ether oxygens (including phenoxy) is 1. The molecule has 0 spiro atoms. The van der Waals surface area contributed by atoms with Gasteiger partial charge in [0.25, 0.3) is 0 Å². The molecule has 0 aliphatic rings. The first-order valence-corrected chi connectivity index (χ1v) is 5.63. The summed E-state index contributed by atoms with van der Waals surface area (Å²) < 4.78 is 19.8. The zero-order valence-electron chi connectivity index (χ0n) is 10.3. The summed E-state index contributed by atoms with van der Waals surface area (Å²) in [5, 5.41) is 0. The van der Waals surface area contributed by atoms with Crippen molar-refractivity contribution in [2.24, 2.45) is 0 Å². The predicted octanol–water partition coefficient (Wildman–Crippen LogP) is 1.88. The molecule has 98 valence electrons. The fraction of sp³-hybridized carbons (Fsp3) is 0.143. The highest BCUT2D eigenvalue weighted by Gasteiger charge is 2.10. The molecule has 2 aromatic rings. The molecule has 4 nitrogen and oxygen atoms in total. The normalized spacial score (nSPS) is 10.2. The van der Waals surface area contributed by atoms with Crippen LogP contribution < -0.4 is 10.2 Å². The highest BCUT2D eigenvalue weighted by Crippen LogP contribution is 2.18. The number of aromatic nitrogens is 1. The smallest absolute Gasteiger partial charge is 0.182 e. The van der Waals surface area contributed by atoms with Crippen molar-refractivity contribution in [1.29, 1.82) is 0 Å². The molecule has 5 heteroatoms. The Morgan fingerprint density at radius 3 is 2.53 bits per heavy atom. The van der Waals surface area contributed by atoms with Crippen LogP contribution in [0.1, 0.15) is 10.4 Å². The number of nitrogens with zero attached hydrogens (tertiary/aromatic N) is 1. The molecular weight excluding hydrogens is 249 g/mol. The fourth-order valence-electron chi connectivity index (χ4n) is 1.65. The van der Waals surface area contributed by atoms with Gasteiger partial charge in [-0.25, -0.2) is 4.39 Å². The van der Waals surface area contributed by atoms with Gasteiger partial charge in [-0.1, -0.05) is 0 Å². The van der Waals surface area contributed by atoms with E-state index >= 15 is 0 Å². The molecule has 0 fully saturated rings. The van der Waals surface area contributed by atoms with Crippen LogP contribution in [-0.2, 0) is 6.54 Å². The average Bonchev–Trinajstić information content (AvgIpc) is 2.41. The molecule has 0 amide bonds. The minimum absolute atomic E-state index is 0.0477. The highest BCUT2D eigenvalue weighted by atomic mass is 19.1. The van der Waals surface area contributed by atoms with Crippen LogP contribution in [0.25, 0.3) is 0 Å². The number of halogens is 1. The first-order chi connectivity index (χ1) is 9.10. The lowest BCUT2D eigenvalue weighted by Gasteiger charge is -2.06. The standard InChI is InChI=1S/C14H12FNO3/c1-19-14-3-2-10(8-12(14)15)13(18)9-16-6-4-11(17)5-7-16/h2-8H,9H2,1H3. The lowest BCUT2D eigenvalue weighted by atomic mass is 10.1. The second kappa shape index (κ2) is 5.48. The van der Waals surface area contributed by atoms with Crippen molar-refractivity contribution < 1.29 is 13.9 Å². The van der Waals surface area contributed by atoms with Crippen LogP contribution in [0.3, 0.4) is 0 Å². The van der Waals surface area contributed by atoms with Gasteiger partial charge < -0.3 is 9.30 Å². The third-order valence-electron chi connectivity index (χ3n) is 2.66. The van der Waals surface area contributed by atoms with Crippen LogP contribution in [0.5, 0.6) is 5.75 Å². The first kappa shape index (κ1) is 13.0. The molecule has 1 aromatic carbocycles. The third-order valence-corrected chi connectivity index (χ3v) is 2.66. The van der Waals surface area contributed by atoms with Crippen molar-refractivity contribution >= 4 is 5.78 Å². The van der Waals surface area contributed by atoms with Crippen molar-refractivity contribution in [3.63, 3.8) is 0 Å². The summed E-state index contributed by atoms with van der Waals surface area (Å²) in [5.41, 5.74) is 0.135. The van der Waals surface area contributed by atoms with Gasteiger partial charge in [0, 0.05) is 30.1 Å². The summed E-state index contributed by atoms with van der Waals surface area (Å²) in [6.07, 6.45) is 3.03. The lowest BCUT2D eigenvalue weighted by Crippen LogP contribution is -2.12. The second-order valence-corrected chi connectivity index (χ2v) is 3.98. The van der Waals surface area contributed by atoms with Crippen molar-refractivity contribution in [3.05, 3.63) is 64.3 Å². The van der Waals surface area contributed by atoms with Gasteiger partial charge >= 0.3 is 0 Å². The molecule has 0 N–H and O–H groups in total. The van der Waals surface area contributed by atoms with Crippen LogP contribution in [0, 0.1) is 5.82 Å². The van der Waals surface area contributed by atoms with Crippen LogP contribution in [-0.4, -0.2) is 17.5 Å². The quantitative estimate of drug-likeness (QED) is 0.789. The van der Waals surface area contributed by atoms with Gasteiger partial charge in [0.1, 0.15) is 0 Å². The highest BCUT2D eigenvalue weighted by molar-refractivity contribution is 5.96. The van der Waals surface area contributed by atoms with Crippen molar-refractivity contribution in [1.82, 2.24) is 4.57 Å². The van der Waals surface area contributed by atoms with Gasteiger partial charge in [-0.15, -0.1) is 0 Å². The molecule has 0 radical (unpaired) electrons. The molecule has 1 aromatic heterocycles. The lowest BCUT2D eigenvalue weighted by molar-refractivity contribution is 0.0971. The average molecular weight is 261 g/mol. The Kier molecular flexibility index (Phi) is 3.75. The predicted molar refractivity (Wildman–Crippen MR) is 68.0 cm³/mol. The zero-order valence-corrected chi connectivity index (χ0v) is 10.3. The number of carbonyl (C=O) groups excluding carboxylic acids is 1. The molecule has 0 saturated carbocycles. The Bertz CT molecular complexity index is 643. The van der Waals surface area contributed by atoms with Gasteiger partial charge in [0.2, 0.25) is 0 Å². The molecule has 0 atom stereocenters. The minimum Gasteiger partial charge on any atom is -0.494 e. The number of ketones is 1. The molecule has 0 saturated heterocycles. The third kappa shape index (κ3) is 3.07. The van der Waals surface area contributed by atoms with Gasteiger partial charge in [-0.05, 0) is 18.2 Å². The Morgan fingerprint density at radius 2 is 1.95 bits per heavy atom. The van der Waals surface area contributed by atoms with Crippen LogP contribution >= 0.6 is 0 Å². The summed E-state index contributed by atoms with van der Waals surface area (Å²) in [6, 6.07) is 6.79. The molecule has 0 bridgehead atoms. The number of hydrogen-bond acceptors (Lipinski definition) is 3. The Labute approximate surface area is 109 Å². The number of benzene rings is 1. The zero-order chi connectivity index (χ0) is 13.8. The van der Waals surface area contributed by atoms with Crippen LogP contribution in [0.15, 0.2) is 47.5 Å². The van der Waals surface area contributed by atoms with E-state index in [1.54, 1.807) is 4.57 Å². The van der Waals surface area contributed by atoms with E-state index in [2.05, 4.69) is 0 Å². The van der Waals surface area contributed by atoms with Crippen LogP contribution in [0.2, 0.25) is 0 Å². The molecule has 1 heterocycles. The van der Waals surface area contributed by atoms with E-state index in [-0.39, 0.29) is 29.1 Å². The summed E-state index contributed by atoms with van der Waals surface area (Å²) in [4.78, 5) is 22.9. The summed E-state index contributed by atoms with van der Waals surface area (Å²) >= 11 is 0. The summed E-state index contributed by atoms with van der Waals surface area (Å²) in [6.45, 7) is 0.0477. The SMILES string of the molecule is COc1ccc(C(=O)Cn2ccc(=O)cc2)cc1F. The number of Topliss-reactive ketones (excluding diaryl/α,β-unsaturated/α-hetero) is 1. The molecule has 2 rings (SSSR count). The maximum atomic E-state index is 13.5. The van der Waals surface area contributed by atoms with E-state index in [9.17, 15) is 14.0 Å². The number of carbonyl (C=O) groups is 1. The molecule has 0 aliphatic carbocycles. The second-order valence-electron chi connectivity index (χ2n) is 3.98. The van der Waals surface area contributed by atoms with Gasteiger partial charge in [-0.2, -0.15) is 0 Å². The minimum atomic E-state index is -0.576. The van der Waals surface area contributed by atoms with E-state index in [0.29, 0.717) is 0 Å². The van der Waals surface area contributed by atoms with Crippen molar-refractivity contribution in [2.75, 3.05) is 7.11 Å². The maximum Gasteiger partial charge on any atom is 0.182 e. The topological polar surface area (TPSA) is 48.3 Å². The molecular formula is C14H12FNO3. The molecule has 19 heavy (non-hydrogen) atoms. The number of pyridine rings is 1. The van der Waals surface area contributed by atoms with Gasteiger partial charge in [-0.3, -0.25) is 9.59 Å². The van der Waals surface area contributed by atoms with Gasteiger partial charge in [0.15, 0.2) is 22.8 Å². The number of rotatable bonds is 4. The Balaban J connectivity index is 2.18. The summed E-state index contributed by atoms with van der Waals surface area (Å²) in [7, 11) is 1.36. The molecule has 0 aliphatic heterocycles. The van der Waals surface area contributed by atoms with Crippen molar-refractivity contribution in [3.8, 4) is 5.75 Å². The summed E-state index contributed by atoms with van der Waals surface area (Å²) in [5.74, 6) is -0.724. The largest absolute Gasteiger partial charge is 0.494 e. The van der Waals surface area contributed by atoms with E-state index in [0.717, 1.165) is 6.07 Å². The Hall–Kier alpha value is -2.43. The van der Waals surface area contributed by atoms with Crippen LogP contribution in [0.4, 0.5) is 4.39 Å². The Morgan fingerprint density at radius 1 is 1.26 bits per heavy atom. The first-order valence-electron chi connectivity index (χ1n) is 5.63. The van der Waals surface area contributed by atoms with E-state index in [4.69, 9.17) is 4.74 Å². The van der Waals surface area contributed by atoms with E-state index in [1.807, 2.05) is 0 Å². The van der Waals surface area contributed by atoms with E-state index < -0.39 is 5.82 Å². The van der Waals surface area contributed by atoms with Gasteiger partial charge in [0.05, 0.1) is 13.7 Å². The monoisotopic (exact) mass is 261 g/mol. The number of hydrogen-bond donors (Lipinski definition) is 0. The van der Waals surface area contributed by atoms with Crippen molar-refractivity contribution in [2.45, 2.75) is 6.54 Å². The maximum absolute atomic E-state index is 13.5. The van der Waals surface area contributed by atoms with E-state index in [1.165, 1.54) is 43.8 Å². The number of methoxy groups -OCH3 is 1.